The standard InChI is InChI=1S/C29H24N2O5/c1-35-24-18-22(26(16-17-31(33)34)28(19-24)36-2)13-10-20-11-14-23(15-12-20)30-29(32)27-9-5-7-21-6-3-4-8-25(21)27/h3-19H,1-2H3,(H,30,32)/b13-10+,17-16+. The van der Waals surface area contributed by atoms with E-state index in [-0.39, 0.29) is 5.91 Å². The first-order valence-corrected chi connectivity index (χ1v) is 11.1. The minimum atomic E-state index is -0.525. The number of hydrogen-bond donors (Lipinski definition) is 1. The van der Waals surface area contributed by atoms with E-state index in [2.05, 4.69) is 5.32 Å². The second kappa shape index (κ2) is 11.0. The lowest BCUT2D eigenvalue weighted by Crippen LogP contribution is -2.12. The molecule has 180 valence electrons. The molecule has 4 rings (SSSR count). The summed E-state index contributed by atoms with van der Waals surface area (Å²) in [5, 5.41) is 15.7. The minimum absolute atomic E-state index is 0.180. The van der Waals surface area contributed by atoms with Crippen LogP contribution in [0.15, 0.2) is 85.1 Å². The number of hydrogen-bond acceptors (Lipinski definition) is 5. The Labute approximate surface area is 208 Å². The van der Waals surface area contributed by atoms with Crippen molar-refractivity contribution in [2.75, 3.05) is 19.5 Å². The van der Waals surface area contributed by atoms with Crippen LogP contribution in [0.3, 0.4) is 0 Å². The molecule has 0 unspecified atom stereocenters. The van der Waals surface area contributed by atoms with E-state index in [4.69, 9.17) is 9.47 Å². The molecule has 4 aromatic carbocycles. The van der Waals surface area contributed by atoms with Gasteiger partial charge in [-0.2, -0.15) is 0 Å². The highest BCUT2D eigenvalue weighted by atomic mass is 16.6. The molecule has 0 heterocycles. The van der Waals surface area contributed by atoms with Crippen molar-refractivity contribution in [3.63, 3.8) is 0 Å². The monoisotopic (exact) mass is 480 g/mol. The summed E-state index contributed by atoms with van der Waals surface area (Å²) >= 11 is 0. The number of carbonyl (C=O) groups is 1. The molecule has 0 bridgehead atoms. The third-order valence-electron chi connectivity index (χ3n) is 5.62. The van der Waals surface area contributed by atoms with Crippen LogP contribution in [0.4, 0.5) is 5.69 Å². The van der Waals surface area contributed by atoms with E-state index in [1.54, 1.807) is 19.2 Å². The number of ether oxygens (including phenoxy) is 2. The molecule has 4 aromatic rings. The van der Waals surface area contributed by atoms with Crippen molar-refractivity contribution in [2.24, 2.45) is 0 Å². The van der Waals surface area contributed by atoms with Crippen molar-refractivity contribution in [3.8, 4) is 11.5 Å². The van der Waals surface area contributed by atoms with Crippen LogP contribution in [0, 0.1) is 10.1 Å². The molecule has 0 aliphatic rings. The number of amides is 1. The first-order valence-electron chi connectivity index (χ1n) is 11.1. The zero-order valence-electron chi connectivity index (χ0n) is 19.8. The maximum absolute atomic E-state index is 12.9. The van der Waals surface area contributed by atoms with Gasteiger partial charge >= 0.3 is 0 Å². The molecule has 0 atom stereocenters. The van der Waals surface area contributed by atoms with Gasteiger partial charge in [0.1, 0.15) is 11.5 Å². The first-order chi connectivity index (χ1) is 17.5. The Bertz CT molecular complexity index is 1470. The van der Waals surface area contributed by atoms with Gasteiger partial charge in [0.2, 0.25) is 6.20 Å². The topological polar surface area (TPSA) is 90.7 Å². The van der Waals surface area contributed by atoms with Gasteiger partial charge in [0.15, 0.2) is 0 Å². The van der Waals surface area contributed by atoms with Gasteiger partial charge in [-0.05, 0) is 46.2 Å². The molecule has 0 spiro atoms. The molecule has 36 heavy (non-hydrogen) atoms. The second-order valence-corrected chi connectivity index (χ2v) is 7.87. The van der Waals surface area contributed by atoms with Crippen molar-refractivity contribution < 1.29 is 19.2 Å². The van der Waals surface area contributed by atoms with E-state index in [0.29, 0.717) is 33.9 Å². The molecule has 1 N–H and O–H groups in total. The largest absolute Gasteiger partial charge is 0.497 e. The van der Waals surface area contributed by atoms with Crippen LogP contribution < -0.4 is 14.8 Å². The van der Waals surface area contributed by atoms with Crippen LogP contribution in [0.2, 0.25) is 0 Å². The molecule has 7 heteroatoms. The summed E-state index contributed by atoms with van der Waals surface area (Å²) in [5.74, 6) is 0.843. The van der Waals surface area contributed by atoms with Gasteiger partial charge in [0.05, 0.1) is 19.1 Å². The number of nitro groups is 1. The molecule has 1 amide bonds. The molecule has 0 fully saturated rings. The molecular weight excluding hydrogens is 456 g/mol. The van der Waals surface area contributed by atoms with Gasteiger partial charge < -0.3 is 14.8 Å². The van der Waals surface area contributed by atoms with Gasteiger partial charge in [-0.3, -0.25) is 14.9 Å². The molecular formula is C29H24N2O5. The summed E-state index contributed by atoms with van der Waals surface area (Å²) in [6.07, 6.45) is 5.96. The Hall–Kier alpha value is -4.91. The Kier molecular flexibility index (Phi) is 7.41. The number of rotatable bonds is 8. The number of fused-ring (bicyclic) bond motifs is 1. The van der Waals surface area contributed by atoms with E-state index in [0.717, 1.165) is 22.5 Å². The molecule has 0 saturated carbocycles. The second-order valence-electron chi connectivity index (χ2n) is 7.87. The fraction of sp³-hybridized carbons (Fsp3) is 0.0690. The highest BCUT2D eigenvalue weighted by Gasteiger charge is 2.11. The fourth-order valence-corrected chi connectivity index (χ4v) is 3.85. The van der Waals surface area contributed by atoms with Gasteiger partial charge in [-0.1, -0.05) is 60.7 Å². The van der Waals surface area contributed by atoms with Crippen LogP contribution in [0.5, 0.6) is 11.5 Å². The lowest BCUT2D eigenvalue weighted by Gasteiger charge is -2.11. The maximum Gasteiger partial charge on any atom is 0.256 e. The van der Waals surface area contributed by atoms with Crippen LogP contribution >= 0.6 is 0 Å². The van der Waals surface area contributed by atoms with Gasteiger partial charge in [0.25, 0.3) is 5.91 Å². The Balaban J connectivity index is 1.55. The Morgan fingerprint density at radius 3 is 2.36 bits per heavy atom. The molecule has 0 radical (unpaired) electrons. The highest BCUT2D eigenvalue weighted by molar-refractivity contribution is 6.12. The molecule has 7 nitrogen and oxygen atoms in total. The minimum Gasteiger partial charge on any atom is -0.497 e. The molecule has 0 aromatic heterocycles. The predicted octanol–water partition coefficient (Wildman–Crippen LogP) is 6.53. The van der Waals surface area contributed by atoms with Crippen molar-refractivity contribution >= 4 is 40.6 Å². The van der Waals surface area contributed by atoms with Crippen molar-refractivity contribution in [1.82, 2.24) is 0 Å². The third-order valence-corrected chi connectivity index (χ3v) is 5.62. The molecule has 0 saturated heterocycles. The number of carbonyl (C=O) groups excluding carboxylic acids is 1. The fourth-order valence-electron chi connectivity index (χ4n) is 3.85. The Morgan fingerprint density at radius 2 is 1.64 bits per heavy atom. The average molecular weight is 481 g/mol. The number of nitrogens with zero attached hydrogens (tertiary/aromatic N) is 1. The summed E-state index contributed by atoms with van der Waals surface area (Å²) in [7, 11) is 3.04. The normalized spacial score (nSPS) is 11.2. The summed E-state index contributed by atoms with van der Waals surface area (Å²) in [6.45, 7) is 0. The number of anilines is 1. The van der Waals surface area contributed by atoms with Gasteiger partial charge in [-0.25, -0.2) is 0 Å². The number of nitrogens with one attached hydrogen (secondary N) is 1. The van der Waals surface area contributed by atoms with Crippen LogP contribution in [0.25, 0.3) is 29.0 Å². The van der Waals surface area contributed by atoms with E-state index >= 15 is 0 Å². The van der Waals surface area contributed by atoms with E-state index in [1.807, 2.05) is 78.9 Å². The predicted molar refractivity (Wildman–Crippen MR) is 143 cm³/mol. The summed E-state index contributed by atoms with van der Waals surface area (Å²) in [6, 6.07) is 24.3. The van der Waals surface area contributed by atoms with E-state index in [9.17, 15) is 14.9 Å². The SMILES string of the molecule is COc1cc(/C=C/c2ccc(NC(=O)c3cccc4ccccc34)cc2)c(/C=C/[N+](=O)[O-])c(OC)c1. The molecule has 0 aliphatic heterocycles. The zero-order chi connectivity index (χ0) is 25.5. The van der Waals surface area contributed by atoms with Gasteiger partial charge in [0, 0.05) is 29.0 Å². The smallest absolute Gasteiger partial charge is 0.256 e. The van der Waals surface area contributed by atoms with Crippen molar-refractivity contribution in [1.29, 1.82) is 0 Å². The van der Waals surface area contributed by atoms with E-state index < -0.39 is 4.92 Å². The quantitative estimate of drug-likeness (QED) is 0.176. The lowest BCUT2D eigenvalue weighted by atomic mass is 10.0. The number of methoxy groups -OCH3 is 2. The van der Waals surface area contributed by atoms with Crippen LogP contribution in [-0.2, 0) is 0 Å². The highest BCUT2D eigenvalue weighted by Crippen LogP contribution is 2.31. The van der Waals surface area contributed by atoms with Crippen molar-refractivity contribution in [3.05, 3.63) is 117 Å². The van der Waals surface area contributed by atoms with Crippen LogP contribution in [-0.4, -0.2) is 25.1 Å². The number of benzene rings is 4. The molecule has 0 aliphatic carbocycles. The Morgan fingerprint density at radius 1 is 0.889 bits per heavy atom. The first kappa shape index (κ1) is 24.2. The van der Waals surface area contributed by atoms with Gasteiger partial charge in [-0.15, -0.1) is 0 Å². The average Bonchev–Trinajstić information content (AvgIpc) is 2.90. The zero-order valence-corrected chi connectivity index (χ0v) is 19.8. The summed E-state index contributed by atoms with van der Waals surface area (Å²) in [4.78, 5) is 23.2. The summed E-state index contributed by atoms with van der Waals surface area (Å²) in [5.41, 5.74) is 3.41. The third kappa shape index (κ3) is 5.59. The van der Waals surface area contributed by atoms with E-state index in [1.165, 1.54) is 13.2 Å². The lowest BCUT2D eigenvalue weighted by molar-refractivity contribution is -0.400. The summed E-state index contributed by atoms with van der Waals surface area (Å²) < 4.78 is 10.7. The maximum atomic E-state index is 12.9. The van der Waals surface area contributed by atoms with Crippen molar-refractivity contribution in [2.45, 2.75) is 0 Å². The van der Waals surface area contributed by atoms with Crippen LogP contribution in [0.1, 0.15) is 27.0 Å².